The molecule has 1 amide bonds. The number of allylic oxidation sites excluding steroid dienone is 5. The van der Waals surface area contributed by atoms with Crippen molar-refractivity contribution in [1.82, 2.24) is 9.55 Å². The van der Waals surface area contributed by atoms with Crippen molar-refractivity contribution in [2.75, 3.05) is 5.32 Å². The highest BCUT2D eigenvalue weighted by molar-refractivity contribution is 6.06. The summed E-state index contributed by atoms with van der Waals surface area (Å²) in [5.74, 6) is 0.334. The number of aromatic nitrogens is 2. The third-order valence-electron chi connectivity index (χ3n) is 7.41. The Kier molecular flexibility index (Phi) is 39.3. The van der Waals surface area contributed by atoms with Crippen LogP contribution in [0.1, 0.15) is 186 Å². The minimum atomic E-state index is -0.195. The van der Waals surface area contributed by atoms with Gasteiger partial charge in [-0.05, 0) is 76.0 Å². The van der Waals surface area contributed by atoms with Gasteiger partial charge in [-0.3, -0.25) is 10.1 Å². The van der Waals surface area contributed by atoms with Crippen molar-refractivity contribution in [2.24, 2.45) is 7.05 Å². The molecule has 4 nitrogen and oxygen atoms in total. The maximum Gasteiger partial charge on any atom is 0.257 e. The molecule has 1 saturated carbocycles. The highest BCUT2D eigenvalue weighted by Gasteiger charge is 2.14. The molecule has 49 heavy (non-hydrogen) atoms. The van der Waals surface area contributed by atoms with Crippen LogP contribution >= 0.6 is 0 Å². The van der Waals surface area contributed by atoms with E-state index in [0.29, 0.717) is 11.5 Å². The van der Waals surface area contributed by atoms with Crippen molar-refractivity contribution in [1.29, 1.82) is 0 Å². The standard InChI is InChI=1S/C24H31N3O.C5H10.C5H12.C4H10.C3H8.2C2H6/c1-9-17(5)19(7)18(6)14-20(12-15(2)3)23(28)26-24-25-21-11-10-16(4)13-22(21)27(24)8;1-2-4-5-3-1;1-3-5-4-2;1-3-4-2;1-3-2;2*1-2/h10-14H,6,9H2,1-5,7-8H3,(H,25,26,28);1-5H2;3-5H2,1-2H3;3-4H2,1-2H3;3H2,1-2H3;2*1-2H3/b19-17-,20-14+;;;;;;. The first-order valence-electron chi connectivity index (χ1n) is 19.8. The Morgan fingerprint density at radius 3 is 1.65 bits per heavy atom. The van der Waals surface area contributed by atoms with E-state index >= 15 is 0 Å². The van der Waals surface area contributed by atoms with Crippen LogP contribution in [-0.2, 0) is 11.8 Å². The van der Waals surface area contributed by atoms with E-state index in [2.05, 4.69) is 78.3 Å². The first-order chi connectivity index (χ1) is 23.4. The van der Waals surface area contributed by atoms with Crippen molar-refractivity contribution >= 4 is 22.9 Å². The van der Waals surface area contributed by atoms with Crippen LogP contribution < -0.4 is 5.32 Å². The van der Waals surface area contributed by atoms with E-state index in [4.69, 9.17) is 0 Å². The summed E-state index contributed by atoms with van der Waals surface area (Å²) in [6.45, 7) is 37.4. The van der Waals surface area contributed by atoms with E-state index in [9.17, 15) is 4.79 Å². The Bertz CT molecular complexity index is 1170. The molecule has 4 heteroatoms. The van der Waals surface area contributed by atoms with Gasteiger partial charge < -0.3 is 4.57 Å². The van der Waals surface area contributed by atoms with Gasteiger partial charge in [-0.25, -0.2) is 4.98 Å². The number of amides is 1. The third kappa shape index (κ3) is 26.6. The van der Waals surface area contributed by atoms with Gasteiger partial charge >= 0.3 is 0 Å². The predicted octanol–water partition coefficient (Wildman–Crippen LogP) is 15.4. The number of rotatable bonds is 9. The molecule has 1 aliphatic carbocycles. The van der Waals surface area contributed by atoms with Gasteiger partial charge in [-0.15, -0.1) is 0 Å². The molecule has 284 valence electrons. The summed E-state index contributed by atoms with van der Waals surface area (Å²) in [6.07, 6.45) is 20.2. The lowest BCUT2D eigenvalue weighted by Gasteiger charge is -2.10. The molecule has 0 radical (unpaired) electrons. The molecule has 1 aliphatic rings. The van der Waals surface area contributed by atoms with Crippen LogP contribution in [0.15, 0.2) is 64.8 Å². The molecule has 0 saturated heterocycles. The van der Waals surface area contributed by atoms with E-state index in [1.54, 1.807) is 0 Å². The quantitative estimate of drug-likeness (QED) is 0.211. The number of hydrogen-bond donors (Lipinski definition) is 1. The van der Waals surface area contributed by atoms with Gasteiger partial charge in [0.2, 0.25) is 5.95 Å². The summed E-state index contributed by atoms with van der Waals surface area (Å²) < 4.78 is 1.90. The molecule has 1 N–H and O–H groups in total. The van der Waals surface area contributed by atoms with Gasteiger partial charge in [0.15, 0.2) is 0 Å². The summed E-state index contributed by atoms with van der Waals surface area (Å²) in [6, 6.07) is 6.05. The highest BCUT2D eigenvalue weighted by Crippen LogP contribution is 2.22. The maximum atomic E-state index is 13.0. The first kappa shape index (κ1) is 52.9. The molecule has 1 heterocycles. The zero-order valence-corrected chi connectivity index (χ0v) is 35.9. The van der Waals surface area contributed by atoms with E-state index in [1.807, 2.05) is 91.3 Å². The summed E-state index contributed by atoms with van der Waals surface area (Å²) >= 11 is 0. The zero-order chi connectivity index (χ0) is 38.8. The summed E-state index contributed by atoms with van der Waals surface area (Å²) in [4.78, 5) is 17.6. The minimum absolute atomic E-state index is 0.195. The number of unbranched alkanes of at least 4 members (excludes halogenated alkanes) is 3. The number of carbonyl (C=O) groups is 1. The molecular weight excluding hydrogens is 599 g/mol. The van der Waals surface area contributed by atoms with Crippen LogP contribution in [-0.4, -0.2) is 15.5 Å². The molecule has 1 fully saturated rings. The number of benzene rings is 1. The molecule has 0 atom stereocenters. The molecular formula is C45H83N3O. The van der Waals surface area contributed by atoms with Gasteiger partial charge in [0.05, 0.1) is 11.0 Å². The topological polar surface area (TPSA) is 46.9 Å². The number of nitrogens with zero attached hydrogens (tertiary/aromatic N) is 2. The second-order valence-corrected chi connectivity index (χ2v) is 12.4. The first-order valence-corrected chi connectivity index (χ1v) is 19.8. The number of carbonyl (C=O) groups excluding carboxylic acids is 1. The van der Waals surface area contributed by atoms with Crippen LogP contribution in [0.25, 0.3) is 11.0 Å². The lowest BCUT2D eigenvalue weighted by molar-refractivity contribution is -0.112. The van der Waals surface area contributed by atoms with Gasteiger partial charge in [-0.1, -0.05) is 177 Å². The van der Waals surface area contributed by atoms with Gasteiger partial charge in [-0.2, -0.15) is 0 Å². The SMILES string of the molecule is C1CCCC1.C=C(/C=C(\C=C(C)C)C(=O)Nc1nc2ccc(C)cc2n1C)/C(C)=C(/C)CC.CC.CC.CCC.CCCC.CCCCC. The smallest absolute Gasteiger partial charge is 0.257 e. The number of fused-ring (bicyclic) bond motifs is 1. The summed E-state index contributed by atoms with van der Waals surface area (Å²) in [7, 11) is 1.91. The average Bonchev–Trinajstić information content (AvgIpc) is 3.79. The summed E-state index contributed by atoms with van der Waals surface area (Å²) in [5.41, 5.74) is 7.85. The molecule has 0 bridgehead atoms. The fourth-order valence-corrected chi connectivity index (χ4v) is 4.14. The van der Waals surface area contributed by atoms with Gasteiger partial charge in [0.1, 0.15) is 0 Å². The monoisotopic (exact) mass is 682 g/mol. The number of aryl methyl sites for hydroxylation is 2. The Morgan fingerprint density at radius 1 is 0.816 bits per heavy atom. The molecule has 0 aliphatic heterocycles. The zero-order valence-electron chi connectivity index (χ0n) is 35.9. The second kappa shape index (κ2) is 36.4. The Labute approximate surface area is 307 Å². The molecule has 0 spiro atoms. The van der Waals surface area contributed by atoms with Crippen LogP contribution in [0.5, 0.6) is 0 Å². The highest BCUT2D eigenvalue weighted by atomic mass is 16.1. The predicted molar refractivity (Wildman–Crippen MR) is 227 cm³/mol. The maximum absolute atomic E-state index is 13.0. The minimum Gasteiger partial charge on any atom is -0.313 e. The number of imidazole rings is 1. The molecule has 3 rings (SSSR count). The van der Waals surface area contributed by atoms with Crippen molar-refractivity contribution in [3.05, 3.63) is 70.4 Å². The number of anilines is 1. The fourth-order valence-electron chi connectivity index (χ4n) is 4.14. The molecule has 1 aromatic carbocycles. The largest absolute Gasteiger partial charge is 0.313 e. The van der Waals surface area contributed by atoms with E-state index in [1.165, 1.54) is 76.2 Å². The fraction of sp³-hybridized carbons (Fsp3) is 0.644. The van der Waals surface area contributed by atoms with Crippen molar-refractivity contribution in [2.45, 2.75) is 188 Å². The van der Waals surface area contributed by atoms with Crippen LogP contribution in [0.4, 0.5) is 5.95 Å². The third-order valence-corrected chi connectivity index (χ3v) is 7.41. The van der Waals surface area contributed by atoms with Crippen molar-refractivity contribution in [3.63, 3.8) is 0 Å². The van der Waals surface area contributed by atoms with Gasteiger partial charge in [0.25, 0.3) is 5.91 Å². The lowest BCUT2D eigenvalue weighted by atomic mass is 9.99. The van der Waals surface area contributed by atoms with Crippen LogP contribution in [0, 0.1) is 6.92 Å². The van der Waals surface area contributed by atoms with Crippen LogP contribution in [0.2, 0.25) is 0 Å². The summed E-state index contributed by atoms with van der Waals surface area (Å²) in [5, 5.41) is 2.95. The Morgan fingerprint density at radius 2 is 1.29 bits per heavy atom. The lowest BCUT2D eigenvalue weighted by Crippen LogP contribution is -2.16. The molecule has 2 aromatic rings. The van der Waals surface area contributed by atoms with Gasteiger partial charge in [0, 0.05) is 12.6 Å². The Balaban J connectivity index is -0.000000391. The average molecular weight is 682 g/mol. The van der Waals surface area contributed by atoms with E-state index < -0.39 is 0 Å². The Hall–Kier alpha value is -2.88. The van der Waals surface area contributed by atoms with E-state index in [-0.39, 0.29) is 5.91 Å². The van der Waals surface area contributed by atoms with E-state index in [0.717, 1.165) is 39.7 Å². The second-order valence-electron chi connectivity index (χ2n) is 12.4. The van der Waals surface area contributed by atoms with Crippen LogP contribution in [0.3, 0.4) is 0 Å². The normalized spacial score (nSPS) is 11.7. The number of nitrogens with one attached hydrogen (secondary N) is 1. The molecule has 0 unspecified atom stereocenters. The number of hydrogen-bond acceptors (Lipinski definition) is 2. The molecule has 1 aromatic heterocycles. The van der Waals surface area contributed by atoms with Crippen molar-refractivity contribution in [3.8, 4) is 0 Å². The van der Waals surface area contributed by atoms with Crippen molar-refractivity contribution < 1.29 is 4.79 Å².